The van der Waals surface area contributed by atoms with Gasteiger partial charge in [-0.25, -0.2) is 0 Å². The van der Waals surface area contributed by atoms with Crippen molar-refractivity contribution in [2.75, 3.05) is 26.8 Å². The lowest BCUT2D eigenvalue weighted by molar-refractivity contribution is 0.158. The molecule has 5 nitrogen and oxygen atoms in total. The van der Waals surface area contributed by atoms with Gasteiger partial charge in [-0.2, -0.15) is 0 Å². The quantitative estimate of drug-likeness (QED) is 0.639. The lowest BCUT2D eigenvalue weighted by atomic mass is 10.2. The van der Waals surface area contributed by atoms with E-state index in [1.165, 1.54) is 0 Å². The highest BCUT2D eigenvalue weighted by Gasteiger charge is 1.99. The van der Waals surface area contributed by atoms with Crippen molar-refractivity contribution < 1.29 is 4.74 Å². The smallest absolute Gasteiger partial charge is 0.0692 e. The molecule has 1 aromatic heterocycles. The van der Waals surface area contributed by atoms with Crippen LogP contribution in [0, 0.1) is 5.92 Å². The van der Waals surface area contributed by atoms with Crippen LogP contribution in [0.3, 0.4) is 0 Å². The minimum Gasteiger partial charge on any atom is -0.384 e. The summed E-state index contributed by atoms with van der Waals surface area (Å²) < 4.78 is 6.90. The Kier molecular flexibility index (Phi) is 5.96. The van der Waals surface area contributed by atoms with E-state index in [1.807, 2.05) is 10.9 Å². The number of methoxy groups -OCH3 is 1. The number of hydrogen-bond donors (Lipinski definition) is 1. The summed E-state index contributed by atoms with van der Waals surface area (Å²) in [5.41, 5.74) is 0. The number of nitrogens with one attached hydrogen (secondary N) is 1. The number of nitrogens with zero attached hydrogens (tertiary/aromatic N) is 3. The Hall–Kier alpha value is -0.940. The van der Waals surface area contributed by atoms with Crippen LogP contribution in [0.15, 0.2) is 12.4 Å². The van der Waals surface area contributed by atoms with Gasteiger partial charge in [0.05, 0.1) is 6.20 Å². The van der Waals surface area contributed by atoms with Crippen LogP contribution in [0.5, 0.6) is 0 Å². The van der Waals surface area contributed by atoms with Gasteiger partial charge in [0.1, 0.15) is 0 Å². The molecule has 0 radical (unpaired) electrons. The second kappa shape index (κ2) is 7.36. The molecule has 15 heavy (non-hydrogen) atoms. The van der Waals surface area contributed by atoms with Crippen molar-refractivity contribution in [3.05, 3.63) is 12.4 Å². The van der Waals surface area contributed by atoms with E-state index < -0.39 is 0 Å². The van der Waals surface area contributed by atoms with Crippen molar-refractivity contribution in [1.29, 1.82) is 0 Å². The Morgan fingerprint density at radius 1 is 1.53 bits per heavy atom. The number of rotatable bonds is 8. The molecule has 1 rings (SSSR count). The lowest BCUT2D eigenvalue weighted by Gasteiger charge is -2.11. The molecule has 0 fully saturated rings. The molecule has 0 aliphatic heterocycles. The maximum absolute atomic E-state index is 5.06. The molecular weight excluding hydrogens is 192 g/mol. The first-order valence-electron chi connectivity index (χ1n) is 5.36. The largest absolute Gasteiger partial charge is 0.384 e. The fraction of sp³-hybridized carbons (Fsp3) is 0.800. The van der Waals surface area contributed by atoms with E-state index in [1.54, 1.807) is 13.3 Å². The normalized spacial score (nSPS) is 12.9. The fourth-order valence-corrected chi connectivity index (χ4v) is 1.41. The molecule has 1 aromatic rings. The van der Waals surface area contributed by atoms with E-state index in [0.29, 0.717) is 5.92 Å². The van der Waals surface area contributed by atoms with Crippen LogP contribution < -0.4 is 5.32 Å². The van der Waals surface area contributed by atoms with Gasteiger partial charge in [-0.3, -0.25) is 4.68 Å². The predicted molar refractivity (Wildman–Crippen MR) is 58.5 cm³/mol. The van der Waals surface area contributed by atoms with E-state index in [0.717, 1.165) is 32.7 Å². The summed E-state index contributed by atoms with van der Waals surface area (Å²) in [5, 5.41) is 11.0. The van der Waals surface area contributed by atoms with E-state index >= 15 is 0 Å². The van der Waals surface area contributed by atoms with Crippen molar-refractivity contribution in [3.8, 4) is 0 Å². The van der Waals surface area contributed by atoms with E-state index in [9.17, 15) is 0 Å². The van der Waals surface area contributed by atoms with Gasteiger partial charge >= 0.3 is 0 Å². The molecule has 0 amide bonds. The van der Waals surface area contributed by atoms with Gasteiger partial charge < -0.3 is 10.1 Å². The minimum atomic E-state index is 0.571. The van der Waals surface area contributed by atoms with Gasteiger partial charge in [-0.05, 0) is 25.4 Å². The van der Waals surface area contributed by atoms with E-state index in [4.69, 9.17) is 4.74 Å². The summed E-state index contributed by atoms with van der Waals surface area (Å²) in [7, 11) is 1.74. The van der Waals surface area contributed by atoms with Crippen molar-refractivity contribution in [2.24, 2.45) is 5.92 Å². The summed E-state index contributed by atoms with van der Waals surface area (Å²) in [6.45, 7) is 5.93. The van der Waals surface area contributed by atoms with Crippen molar-refractivity contribution >= 4 is 0 Å². The predicted octanol–water partition coefficient (Wildman–Crippen LogP) is 0.540. The van der Waals surface area contributed by atoms with Gasteiger partial charge in [0.15, 0.2) is 0 Å². The lowest BCUT2D eigenvalue weighted by Crippen LogP contribution is -2.25. The topological polar surface area (TPSA) is 52.0 Å². The van der Waals surface area contributed by atoms with Crippen LogP contribution >= 0.6 is 0 Å². The average Bonchev–Trinajstić information content (AvgIpc) is 2.70. The SMILES string of the molecule is COCC(C)CNCCCn1ccnn1. The summed E-state index contributed by atoms with van der Waals surface area (Å²) in [6, 6.07) is 0. The molecule has 1 heterocycles. The number of aromatic nitrogens is 3. The highest BCUT2D eigenvalue weighted by Crippen LogP contribution is 1.92. The third-order valence-corrected chi connectivity index (χ3v) is 2.16. The molecular formula is C10H20N4O. The molecule has 0 aliphatic carbocycles. The standard InChI is InChI=1S/C10H20N4O/c1-10(9-15-2)8-11-4-3-6-14-7-5-12-13-14/h5,7,10-11H,3-4,6,8-9H2,1-2H3. The van der Waals surface area contributed by atoms with Crippen LogP contribution in [-0.2, 0) is 11.3 Å². The van der Waals surface area contributed by atoms with Crippen LogP contribution in [0.4, 0.5) is 0 Å². The molecule has 0 saturated carbocycles. The first kappa shape index (κ1) is 12.1. The van der Waals surface area contributed by atoms with Gasteiger partial charge in [0.25, 0.3) is 0 Å². The molecule has 5 heteroatoms. The van der Waals surface area contributed by atoms with Crippen molar-refractivity contribution in [3.63, 3.8) is 0 Å². The first-order valence-corrected chi connectivity index (χ1v) is 5.36. The van der Waals surface area contributed by atoms with Gasteiger partial charge in [-0.1, -0.05) is 12.1 Å². The van der Waals surface area contributed by atoms with Crippen LogP contribution in [0.25, 0.3) is 0 Å². The Balaban J connectivity index is 1.93. The molecule has 0 spiro atoms. The zero-order valence-electron chi connectivity index (χ0n) is 9.52. The summed E-state index contributed by atoms with van der Waals surface area (Å²) in [5.74, 6) is 0.571. The number of hydrogen-bond acceptors (Lipinski definition) is 4. The highest BCUT2D eigenvalue weighted by atomic mass is 16.5. The Morgan fingerprint density at radius 3 is 3.07 bits per heavy atom. The van der Waals surface area contributed by atoms with Crippen LogP contribution in [0.2, 0.25) is 0 Å². The summed E-state index contributed by atoms with van der Waals surface area (Å²) in [4.78, 5) is 0. The molecule has 0 bridgehead atoms. The monoisotopic (exact) mass is 212 g/mol. The summed E-state index contributed by atoms with van der Waals surface area (Å²) in [6.07, 6.45) is 4.66. The molecule has 0 aliphatic rings. The third kappa shape index (κ3) is 5.49. The maximum Gasteiger partial charge on any atom is 0.0692 e. The molecule has 0 aromatic carbocycles. The summed E-state index contributed by atoms with van der Waals surface area (Å²) >= 11 is 0. The Morgan fingerprint density at radius 2 is 2.40 bits per heavy atom. The third-order valence-electron chi connectivity index (χ3n) is 2.16. The van der Waals surface area contributed by atoms with Crippen molar-refractivity contribution in [2.45, 2.75) is 19.9 Å². The highest BCUT2D eigenvalue weighted by molar-refractivity contribution is 4.64. The first-order chi connectivity index (χ1) is 7.33. The van der Waals surface area contributed by atoms with E-state index in [2.05, 4.69) is 22.6 Å². The van der Waals surface area contributed by atoms with Crippen molar-refractivity contribution in [1.82, 2.24) is 20.3 Å². The average molecular weight is 212 g/mol. The van der Waals surface area contributed by atoms with Gasteiger partial charge in [0, 0.05) is 26.5 Å². The zero-order chi connectivity index (χ0) is 10.9. The van der Waals surface area contributed by atoms with Gasteiger partial charge in [0.2, 0.25) is 0 Å². The number of aryl methyl sites for hydroxylation is 1. The van der Waals surface area contributed by atoms with Gasteiger partial charge in [-0.15, -0.1) is 5.10 Å². The van der Waals surface area contributed by atoms with Crippen LogP contribution in [-0.4, -0.2) is 41.8 Å². The molecule has 1 unspecified atom stereocenters. The molecule has 1 N–H and O–H groups in total. The molecule has 0 saturated heterocycles. The zero-order valence-corrected chi connectivity index (χ0v) is 9.52. The Labute approximate surface area is 90.8 Å². The second-order valence-corrected chi connectivity index (χ2v) is 3.78. The van der Waals surface area contributed by atoms with E-state index in [-0.39, 0.29) is 0 Å². The molecule has 86 valence electrons. The Bertz CT molecular complexity index is 238. The number of ether oxygens (including phenoxy) is 1. The molecule has 1 atom stereocenters. The second-order valence-electron chi connectivity index (χ2n) is 3.78. The minimum absolute atomic E-state index is 0.571. The fourth-order valence-electron chi connectivity index (χ4n) is 1.41. The van der Waals surface area contributed by atoms with Crippen LogP contribution in [0.1, 0.15) is 13.3 Å². The maximum atomic E-state index is 5.06.